The van der Waals surface area contributed by atoms with Gasteiger partial charge in [0, 0.05) is 12.8 Å². The molecule has 2 bridgehead atoms. The topological polar surface area (TPSA) is 65.0 Å². The van der Waals surface area contributed by atoms with E-state index in [4.69, 9.17) is 14.2 Å². The van der Waals surface area contributed by atoms with E-state index in [2.05, 4.69) is 0 Å². The summed E-state index contributed by atoms with van der Waals surface area (Å²) in [6.07, 6.45) is -0.229. The van der Waals surface area contributed by atoms with Crippen LogP contribution in [0.3, 0.4) is 0 Å². The summed E-state index contributed by atoms with van der Waals surface area (Å²) in [6, 6.07) is 0. The Hall–Kier alpha value is -0.650. The molecule has 84 valence electrons. The summed E-state index contributed by atoms with van der Waals surface area (Å²) in [4.78, 5) is 11.4. The highest BCUT2D eigenvalue weighted by molar-refractivity contribution is 5.82. The predicted molar refractivity (Wildman–Crippen MR) is 47.9 cm³/mol. The molecule has 2 saturated heterocycles. The molecular formula is C10H14O5. The van der Waals surface area contributed by atoms with Gasteiger partial charge in [0.2, 0.25) is 0 Å². The molecule has 1 N–H and O–H groups in total. The Morgan fingerprint density at radius 3 is 2.67 bits per heavy atom. The smallest absolute Gasteiger partial charge is 0.338 e. The highest BCUT2D eigenvalue weighted by atomic mass is 16.8. The van der Waals surface area contributed by atoms with Gasteiger partial charge in [0.25, 0.3) is 0 Å². The molecule has 0 aromatic rings. The van der Waals surface area contributed by atoms with Crippen molar-refractivity contribution < 1.29 is 24.1 Å². The zero-order valence-electron chi connectivity index (χ0n) is 8.73. The van der Waals surface area contributed by atoms with Crippen LogP contribution in [-0.4, -0.2) is 40.8 Å². The lowest BCUT2D eigenvalue weighted by molar-refractivity contribution is -0.171. The summed E-state index contributed by atoms with van der Waals surface area (Å²) < 4.78 is 16.4. The highest BCUT2D eigenvalue weighted by Crippen LogP contribution is 2.46. The van der Waals surface area contributed by atoms with Crippen LogP contribution in [0.2, 0.25) is 0 Å². The Morgan fingerprint density at radius 1 is 1.27 bits per heavy atom. The van der Waals surface area contributed by atoms with Crippen molar-refractivity contribution in [3.63, 3.8) is 0 Å². The van der Waals surface area contributed by atoms with Gasteiger partial charge in [-0.1, -0.05) is 0 Å². The maximum Gasteiger partial charge on any atom is 0.338 e. The van der Waals surface area contributed by atoms with Gasteiger partial charge in [-0.15, -0.1) is 0 Å². The van der Waals surface area contributed by atoms with Crippen molar-refractivity contribution in [3.8, 4) is 0 Å². The number of ether oxygens (including phenoxy) is 3. The van der Waals surface area contributed by atoms with E-state index in [1.54, 1.807) is 0 Å². The lowest BCUT2D eigenvalue weighted by atomic mass is 9.82. The minimum absolute atomic E-state index is 0.230. The Balaban J connectivity index is 1.90. The van der Waals surface area contributed by atoms with Crippen LogP contribution in [0.1, 0.15) is 26.7 Å². The van der Waals surface area contributed by atoms with E-state index >= 15 is 0 Å². The quantitative estimate of drug-likeness (QED) is 0.573. The Morgan fingerprint density at radius 2 is 1.93 bits per heavy atom. The molecule has 4 atom stereocenters. The van der Waals surface area contributed by atoms with E-state index in [9.17, 15) is 9.90 Å². The van der Waals surface area contributed by atoms with Crippen LogP contribution in [0.4, 0.5) is 0 Å². The van der Waals surface area contributed by atoms with E-state index < -0.39 is 17.4 Å². The molecule has 3 fully saturated rings. The molecule has 0 aromatic carbocycles. The van der Waals surface area contributed by atoms with Gasteiger partial charge < -0.3 is 19.3 Å². The lowest BCUT2D eigenvalue weighted by Crippen LogP contribution is -2.47. The largest absolute Gasteiger partial charge is 0.457 e. The summed E-state index contributed by atoms with van der Waals surface area (Å²) >= 11 is 0. The van der Waals surface area contributed by atoms with Crippen molar-refractivity contribution in [1.82, 2.24) is 0 Å². The minimum Gasteiger partial charge on any atom is -0.457 e. The molecule has 1 saturated carbocycles. The average molecular weight is 214 g/mol. The highest BCUT2D eigenvalue weighted by Gasteiger charge is 2.62. The molecule has 15 heavy (non-hydrogen) atoms. The fourth-order valence-electron chi connectivity index (χ4n) is 2.72. The van der Waals surface area contributed by atoms with Crippen molar-refractivity contribution in [2.75, 3.05) is 0 Å². The molecule has 0 amide bonds. The Bertz CT molecular complexity index is 326. The third-order valence-corrected chi connectivity index (χ3v) is 3.30. The second-order valence-corrected chi connectivity index (χ2v) is 5.02. The SMILES string of the molecule is CC1(C)O[C@H]2[C@@H]3C[C@](O)(C[C@@H]2O1)C(=O)O3. The number of esters is 1. The van der Waals surface area contributed by atoms with E-state index in [1.165, 1.54) is 0 Å². The minimum atomic E-state index is -1.35. The van der Waals surface area contributed by atoms with Crippen LogP contribution in [0, 0.1) is 0 Å². The third-order valence-electron chi connectivity index (χ3n) is 3.30. The van der Waals surface area contributed by atoms with Crippen LogP contribution in [-0.2, 0) is 19.0 Å². The zero-order chi connectivity index (χ0) is 10.8. The molecular weight excluding hydrogens is 200 g/mol. The van der Waals surface area contributed by atoms with Gasteiger partial charge in [-0.25, -0.2) is 4.79 Å². The van der Waals surface area contributed by atoms with Gasteiger partial charge in [-0.2, -0.15) is 0 Å². The van der Waals surface area contributed by atoms with Gasteiger partial charge in [-0.3, -0.25) is 0 Å². The van der Waals surface area contributed by atoms with Gasteiger partial charge in [-0.05, 0) is 13.8 Å². The number of fused-ring (bicyclic) bond motifs is 4. The van der Waals surface area contributed by atoms with E-state index in [1.807, 2.05) is 13.8 Å². The molecule has 0 aromatic heterocycles. The number of carbonyl (C=O) groups is 1. The van der Waals surface area contributed by atoms with Crippen LogP contribution in [0.25, 0.3) is 0 Å². The normalized spacial score (nSPS) is 51.4. The number of aliphatic hydroxyl groups is 1. The Labute approximate surface area is 87.3 Å². The first-order valence-corrected chi connectivity index (χ1v) is 5.19. The van der Waals surface area contributed by atoms with Crippen LogP contribution in [0.15, 0.2) is 0 Å². The fourth-order valence-corrected chi connectivity index (χ4v) is 2.72. The van der Waals surface area contributed by atoms with Crippen molar-refractivity contribution in [1.29, 1.82) is 0 Å². The number of carbonyl (C=O) groups excluding carboxylic acids is 1. The number of rotatable bonds is 0. The molecule has 0 unspecified atom stereocenters. The first-order chi connectivity index (χ1) is 6.90. The molecule has 1 aliphatic carbocycles. The standard InChI is InChI=1S/C10H14O5/c1-9(2)14-6-4-10(12)3-5(7(6)15-9)13-8(10)11/h5-7,12H,3-4H2,1-2H3/t5-,6-,7-,10-/m0/s1. The van der Waals surface area contributed by atoms with Gasteiger partial charge in [0.15, 0.2) is 11.4 Å². The number of hydrogen-bond donors (Lipinski definition) is 1. The van der Waals surface area contributed by atoms with E-state index in [0.717, 1.165) is 0 Å². The molecule has 5 nitrogen and oxygen atoms in total. The lowest BCUT2D eigenvalue weighted by Gasteiger charge is -2.29. The molecule has 2 heterocycles. The Kier molecular flexibility index (Phi) is 1.62. The second kappa shape index (κ2) is 2.53. The summed E-state index contributed by atoms with van der Waals surface area (Å²) in [7, 11) is 0. The van der Waals surface area contributed by atoms with Crippen molar-refractivity contribution in [3.05, 3.63) is 0 Å². The van der Waals surface area contributed by atoms with Crippen LogP contribution >= 0.6 is 0 Å². The summed E-state index contributed by atoms with van der Waals surface area (Å²) in [5.74, 6) is -1.19. The first kappa shape index (κ1) is 9.57. The van der Waals surface area contributed by atoms with Crippen molar-refractivity contribution in [2.45, 2.75) is 56.4 Å². The molecule has 2 aliphatic heterocycles. The van der Waals surface area contributed by atoms with Crippen LogP contribution < -0.4 is 0 Å². The molecule has 3 aliphatic rings. The summed E-state index contributed by atoms with van der Waals surface area (Å²) in [5, 5.41) is 10.00. The molecule has 0 radical (unpaired) electrons. The van der Waals surface area contributed by atoms with E-state index in [0.29, 0.717) is 6.42 Å². The molecule has 3 rings (SSSR count). The average Bonchev–Trinajstić information content (AvgIpc) is 2.50. The van der Waals surface area contributed by atoms with Gasteiger partial charge in [0.1, 0.15) is 12.2 Å². The summed E-state index contributed by atoms with van der Waals surface area (Å²) in [6.45, 7) is 3.65. The second-order valence-electron chi connectivity index (χ2n) is 5.02. The van der Waals surface area contributed by atoms with Crippen molar-refractivity contribution >= 4 is 5.97 Å². The molecule has 5 heteroatoms. The maximum atomic E-state index is 11.4. The summed E-state index contributed by atoms with van der Waals surface area (Å²) in [5.41, 5.74) is -1.35. The first-order valence-electron chi connectivity index (χ1n) is 5.19. The van der Waals surface area contributed by atoms with Crippen molar-refractivity contribution in [2.24, 2.45) is 0 Å². The van der Waals surface area contributed by atoms with Gasteiger partial charge >= 0.3 is 5.97 Å². The van der Waals surface area contributed by atoms with Gasteiger partial charge in [0.05, 0.1) is 6.10 Å². The third kappa shape index (κ3) is 1.23. The maximum absolute atomic E-state index is 11.4. The molecule has 0 spiro atoms. The predicted octanol–water partition coefficient (Wildman–Crippen LogP) is -0.0432. The number of hydrogen-bond acceptors (Lipinski definition) is 5. The monoisotopic (exact) mass is 214 g/mol. The van der Waals surface area contributed by atoms with Crippen LogP contribution in [0.5, 0.6) is 0 Å². The van der Waals surface area contributed by atoms with E-state index in [-0.39, 0.29) is 24.7 Å². The fraction of sp³-hybridized carbons (Fsp3) is 0.900. The zero-order valence-corrected chi connectivity index (χ0v) is 8.73.